The monoisotopic (exact) mass is 274 g/mol. The minimum absolute atomic E-state index is 0.112. The largest absolute Gasteiger partial charge is 0.285 e. The Morgan fingerprint density at radius 1 is 1.05 bits per heavy atom. The van der Waals surface area contributed by atoms with Crippen molar-refractivity contribution in [2.75, 3.05) is 11.6 Å². The first kappa shape index (κ1) is 14.9. The molecule has 1 fully saturated rings. The van der Waals surface area contributed by atoms with Gasteiger partial charge in [0.05, 0.1) is 5.69 Å². The fraction of sp³-hybridized carbons (Fsp3) is 0.588. The standard InChI is InChI=1S/C17H26N2O/c1-2-3-4-5-6-7-8-15-9-11-16(12-10-15)19-14-13-17(20)18-19/h9-12H,2-8,13-14H2,1H3,(H,18,20). The molecule has 1 aromatic rings. The van der Waals surface area contributed by atoms with E-state index in [2.05, 4.69) is 36.6 Å². The van der Waals surface area contributed by atoms with Crippen LogP contribution in [-0.2, 0) is 11.2 Å². The Labute approximate surface area is 122 Å². The van der Waals surface area contributed by atoms with E-state index in [1.807, 2.05) is 5.01 Å². The lowest BCUT2D eigenvalue weighted by molar-refractivity contribution is -0.119. The second kappa shape index (κ2) is 7.93. The number of hydrogen-bond acceptors (Lipinski definition) is 2. The smallest absolute Gasteiger partial charge is 0.240 e. The van der Waals surface area contributed by atoms with Crippen LogP contribution in [0.2, 0.25) is 0 Å². The van der Waals surface area contributed by atoms with Crippen LogP contribution in [0.4, 0.5) is 5.69 Å². The highest BCUT2D eigenvalue weighted by molar-refractivity contribution is 5.81. The van der Waals surface area contributed by atoms with Crippen LogP contribution in [-0.4, -0.2) is 12.5 Å². The number of aryl methyl sites for hydroxylation is 1. The zero-order chi connectivity index (χ0) is 14.2. The van der Waals surface area contributed by atoms with Crippen molar-refractivity contribution in [1.29, 1.82) is 0 Å². The number of rotatable bonds is 8. The summed E-state index contributed by atoms with van der Waals surface area (Å²) in [6.07, 6.45) is 9.81. The van der Waals surface area contributed by atoms with Crippen LogP contribution < -0.4 is 10.4 Å². The number of anilines is 1. The van der Waals surface area contributed by atoms with E-state index in [1.165, 1.54) is 50.5 Å². The van der Waals surface area contributed by atoms with Gasteiger partial charge in [-0.05, 0) is 30.5 Å². The summed E-state index contributed by atoms with van der Waals surface area (Å²) >= 11 is 0. The van der Waals surface area contributed by atoms with Gasteiger partial charge in [0.25, 0.3) is 0 Å². The Hall–Kier alpha value is -1.51. The maximum absolute atomic E-state index is 11.2. The van der Waals surface area contributed by atoms with E-state index in [-0.39, 0.29) is 5.91 Å². The molecule has 0 aliphatic carbocycles. The highest BCUT2D eigenvalue weighted by Gasteiger charge is 2.18. The topological polar surface area (TPSA) is 32.3 Å². The molecule has 1 aromatic carbocycles. The highest BCUT2D eigenvalue weighted by atomic mass is 16.2. The van der Waals surface area contributed by atoms with Crippen LogP contribution in [0.3, 0.4) is 0 Å². The van der Waals surface area contributed by atoms with Gasteiger partial charge in [-0.25, -0.2) is 0 Å². The Kier molecular flexibility index (Phi) is 5.90. The number of nitrogens with zero attached hydrogens (tertiary/aromatic N) is 1. The number of unbranched alkanes of at least 4 members (excludes halogenated alkanes) is 5. The SMILES string of the molecule is CCCCCCCCc1ccc(N2CCC(=O)N2)cc1. The minimum Gasteiger partial charge on any atom is -0.285 e. The molecule has 3 heteroatoms. The van der Waals surface area contributed by atoms with E-state index in [0.29, 0.717) is 6.42 Å². The van der Waals surface area contributed by atoms with Gasteiger partial charge in [-0.2, -0.15) is 0 Å². The third kappa shape index (κ3) is 4.55. The summed E-state index contributed by atoms with van der Waals surface area (Å²) < 4.78 is 0. The molecule has 1 heterocycles. The Bertz CT molecular complexity index is 414. The molecule has 1 N–H and O–H groups in total. The van der Waals surface area contributed by atoms with Gasteiger partial charge in [0, 0.05) is 13.0 Å². The first-order valence-electron chi connectivity index (χ1n) is 7.95. The third-order valence-electron chi connectivity index (χ3n) is 3.89. The lowest BCUT2D eigenvalue weighted by Gasteiger charge is -2.17. The minimum atomic E-state index is 0.112. The summed E-state index contributed by atoms with van der Waals surface area (Å²) in [7, 11) is 0. The number of carbonyl (C=O) groups is 1. The Balaban J connectivity index is 1.70. The molecule has 0 unspecified atom stereocenters. The number of hydrazine groups is 1. The molecular weight excluding hydrogens is 248 g/mol. The van der Waals surface area contributed by atoms with Crippen molar-refractivity contribution < 1.29 is 4.79 Å². The van der Waals surface area contributed by atoms with Crippen molar-refractivity contribution in [3.63, 3.8) is 0 Å². The summed E-state index contributed by atoms with van der Waals surface area (Å²) in [4.78, 5) is 11.2. The molecule has 0 spiro atoms. The van der Waals surface area contributed by atoms with Crippen molar-refractivity contribution in [2.45, 2.75) is 58.3 Å². The maximum atomic E-state index is 11.2. The normalized spacial score (nSPS) is 14.7. The number of nitrogens with one attached hydrogen (secondary N) is 1. The zero-order valence-electron chi connectivity index (χ0n) is 12.5. The Morgan fingerprint density at radius 2 is 1.75 bits per heavy atom. The molecule has 3 nitrogen and oxygen atoms in total. The maximum Gasteiger partial charge on any atom is 0.240 e. The van der Waals surface area contributed by atoms with Crippen LogP contribution in [0, 0.1) is 0 Å². The Morgan fingerprint density at radius 3 is 2.40 bits per heavy atom. The summed E-state index contributed by atoms with van der Waals surface area (Å²) in [5.41, 5.74) is 5.34. The predicted molar refractivity (Wildman–Crippen MR) is 83.6 cm³/mol. The lowest BCUT2D eigenvalue weighted by Crippen LogP contribution is -2.32. The van der Waals surface area contributed by atoms with E-state index in [0.717, 1.165) is 12.2 Å². The molecule has 0 bridgehead atoms. The van der Waals surface area contributed by atoms with Crippen molar-refractivity contribution >= 4 is 11.6 Å². The van der Waals surface area contributed by atoms with Crippen LogP contribution in [0.5, 0.6) is 0 Å². The van der Waals surface area contributed by atoms with E-state index in [1.54, 1.807) is 0 Å². The number of benzene rings is 1. The summed E-state index contributed by atoms with van der Waals surface area (Å²) in [6.45, 7) is 3.03. The lowest BCUT2D eigenvalue weighted by atomic mass is 10.0. The molecule has 20 heavy (non-hydrogen) atoms. The fourth-order valence-electron chi connectivity index (χ4n) is 2.62. The van der Waals surface area contributed by atoms with Gasteiger partial charge >= 0.3 is 0 Å². The third-order valence-corrected chi connectivity index (χ3v) is 3.89. The van der Waals surface area contributed by atoms with Gasteiger partial charge in [0.15, 0.2) is 0 Å². The van der Waals surface area contributed by atoms with Crippen LogP contribution in [0.25, 0.3) is 0 Å². The molecule has 2 rings (SSSR count). The first-order chi connectivity index (χ1) is 9.79. The van der Waals surface area contributed by atoms with Gasteiger partial charge in [-0.1, -0.05) is 51.2 Å². The molecular formula is C17H26N2O. The average Bonchev–Trinajstić information content (AvgIpc) is 2.90. The molecule has 0 aromatic heterocycles. The second-order valence-corrected chi connectivity index (χ2v) is 5.62. The first-order valence-corrected chi connectivity index (χ1v) is 7.95. The van der Waals surface area contributed by atoms with Crippen LogP contribution in [0.15, 0.2) is 24.3 Å². The number of carbonyl (C=O) groups excluding carboxylic acids is 1. The summed E-state index contributed by atoms with van der Waals surface area (Å²) in [5, 5.41) is 1.93. The van der Waals surface area contributed by atoms with Crippen LogP contribution >= 0.6 is 0 Å². The van der Waals surface area contributed by atoms with Crippen molar-refractivity contribution in [2.24, 2.45) is 0 Å². The molecule has 0 saturated carbocycles. The average molecular weight is 274 g/mol. The van der Waals surface area contributed by atoms with Crippen molar-refractivity contribution in [1.82, 2.24) is 5.43 Å². The van der Waals surface area contributed by atoms with Gasteiger partial charge in [0.2, 0.25) is 5.91 Å². The van der Waals surface area contributed by atoms with Crippen molar-refractivity contribution in [3.8, 4) is 0 Å². The zero-order valence-corrected chi connectivity index (χ0v) is 12.5. The fourth-order valence-corrected chi connectivity index (χ4v) is 2.62. The van der Waals surface area contributed by atoms with Gasteiger partial charge in [0.1, 0.15) is 0 Å². The van der Waals surface area contributed by atoms with Gasteiger partial charge in [-0.15, -0.1) is 0 Å². The molecule has 0 radical (unpaired) electrons. The molecule has 1 aliphatic rings. The quantitative estimate of drug-likeness (QED) is 0.731. The molecule has 1 saturated heterocycles. The molecule has 1 amide bonds. The number of hydrogen-bond donors (Lipinski definition) is 1. The molecule has 110 valence electrons. The van der Waals surface area contributed by atoms with Gasteiger partial charge < -0.3 is 0 Å². The molecule has 0 atom stereocenters. The number of amides is 1. The van der Waals surface area contributed by atoms with E-state index < -0.39 is 0 Å². The van der Waals surface area contributed by atoms with Crippen molar-refractivity contribution in [3.05, 3.63) is 29.8 Å². The van der Waals surface area contributed by atoms with Gasteiger partial charge in [-0.3, -0.25) is 15.2 Å². The van der Waals surface area contributed by atoms with E-state index in [4.69, 9.17) is 0 Å². The second-order valence-electron chi connectivity index (χ2n) is 5.62. The molecule has 1 aliphatic heterocycles. The van der Waals surface area contributed by atoms with E-state index >= 15 is 0 Å². The predicted octanol–water partition coefficient (Wildman–Crippen LogP) is 3.83. The summed E-state index contributed by atoms with van der Waals surface area (Å²) in [6, 6.07) is 8.59. The summed E-state index contributed by atoms with van der Waals surface area (Å²) in [5.74, 6) is 0.112. The van der Waals surface area contributed by atoms with E-state index in [9.17, 15) is 4.79 Å². The highest BCUT2D eigenvalue weighted by Crippen LogP contribution is 2.18. The van der Waals surface area contributed by atoms with Crippen LogP contribution in [0.1, 0.15) is 57.4 Å².